The maximum atomic E-state index is 12.6. The van der Waals surface area contributed by atoms with Crippen LogP contribution in [0.2, 0.25) is 0 Å². The standard InChI is InChI=1S/C47H75NO17/c1-27-17-15-13-11-9-7-5-6-8-10-12-14-16-18-34(64-46-44(58)41(48)43(57)30(4)63-46)24-38-40(45(59)60)37(54)26-47(61,65-38)25-36(53)35(52)20-19-31(49)21-32(50)22-33(51)23-39(55)62-29(3)28(2)42(27)56/h5-6,8,10-18,27-38,40-44,46,49-54,56-58,61H,7,9,19-26,48H2,1-4H3,(H,59,60)/t27?,28?,29?,30-,31?,32?,33?,34?,35?,36?,37?,38?,40?,41+,42?,43-,44+,46+,47?/m1/s1. The highest BCUT2D eigenvalue weighted by atomic mass is 16.7. The lowest BCUT2D eigenvalue weighted by atomic mass is 9.82. The third-order valence-electron chi connectivity index (χ3n) is 12.2. The summed E-state index contributed by atoms with van der Waals surface area (Å²) in [5.74, 6) is -6.82. The molecule has 19 atom stereocenters. The molecule has 18 nitrogen and oxygen atoms in total. The van der Waals surface area contributed by atoms with Crippen molar-refractivity contribution >= 4 is 11.9 Å². The first-order valence-electron chi connectivity index (χ1n) is 22.6. The number of aliphatic hydroxyl groups is 10. The van der Waals surface area contributed by atoms with Crippen LogP contribution < -0.4 is 5.73 Å². The van der Waals surface area contributed by atoms with Gasteiger partial charge in [-0.3, -0.25) is 9.59 Å². The predicted octanol–water partition coefficient (Wildman–Crippen LogP) is 0.936. The van der Waals surface area contributed by atoms with E-state index in [1.54, 1.807) is 38.2 Å². The number of esters is 1. The van der Waals surface area contributed by atoms with Crippen molar-refractivity contribution in [1.29, 1.82) is 0 Å². The minimum Gasteiger partial charge on any atom is -0.481 e. The number of aliphatic hydroxyl groups excluding tert-OH is 9. The molecular weight excluding hydrogens is 851 g/mol. The summed E-state index contributed by atoms with van der Waals surface area (Å²) in [6.07, 6.45) is 2.28. The summed E-state index contributed by atoms with van der Waals surface area (Å²) in [5.41, 5.74) is 6.02. The Bertz CT molecular complexity index is 1620. The van der Waals surface area contributed by atoms with E-state index in [2.05, 4.69) is 0 Å². The normalized spacial score (nSPS) is 42.3. The smallest absolute Gasteiger partial charge is 0.311 e. The molecule has 370 valence electrons. The number of cyclic esters (lactones) is 1. The van der Waals surface area contributed by atoms with Crippen molar-refractivity contribution in [1.82, 2.24) is 0 Å². The molecule has 0 aromatic heterocycles. The number of rotatable bonds is 3. The molecule has 65 heavy (non-hydrogen) atoms. The summed E-state index contributed by atoms with van der Waals surface area (Å²) < 4.78 is 23.2. The van der Waals surface area contributed by atoms with Gasteiger partial charge in [-0.1, -0.05) is 86.8 Å². The van der Waals surface area contributed by atoms with Crippen LogP contribution in [0.3, 0.4) is 0 Å². The van der Waals surface area contributed by atoms with Gasteiger partial charge in [0.25, 0.3) is 0 Å². The fourth-order valence-corrected chi connectivity index (χ4v) is 8.11. The monoisotopic (exact) mass is 926 g/mol. The minimum absolute atomic E-state index is 0.138. The van der Waals surface area contributed by atoms with Crippen molar-refractivity contribution in [3.8, 4) is 0 Å². The quantitative estimate of drug-likeness (QED) is 0.175. The Labute approximate surface area is 381 Å². The molecule has 14 unspecified atom stereocenters. The van der Waals surface area contributed by atoms with E-state index in [0.29, 0.717) is 0 Å². The van der Waals surface area contributed by atoms with Crippen molar-refractivity contribution in [3.63, 3.8) is 0 Å². The van der Waals surface area contributed by atoms with Crippen LogP contribution in [-0.2, 0) is 28.5 Å². The summed E-state index contributed by atoms with van der Waals surface area (Å²) in [7, 11) is 0. The Hall–Kier alpha value is -3.18. The fourth-order valence-electron chi connectivity index (χ4n) is 8.11. The second-order valence-electron chi connectivity index (χ2n) is 17.8. The number of nitrogens with two attached hydrogens (primary N) is 1. The van der Waals surface area contributed by atoms with E-state index in [9.17, 15) is 65.8 Å². The molecule has 3 heterocycles. The van der Waals surface area contributed by atoms with Gasteiger partial charge in [-0.2, -0.15) is 0 Å². The van der Waals surface area contributed by atoms with Gasteiger partial charge >= 0.3 is 11.9 Å². The first-order valence-corrected chi connectivity index (χ1v) is 22.6. The van der Waals surface area contributed by atoms with Crippen molar-refractivity contribution in [2.45, 2.75) is 189 Å². The van der Waals surface area contributed by atoms with Gasteiger partial charge in [0, 0.05) is 31.1 Å². The van der Waals surface area contributed by atoms with Gasteiger partial charge in [-0.05, 0) is 52.4 Å². The molecule has 3 aliphatic heterocycles. The number of hydrogen-bond donors (Lipinski definition) is 12. The Morgan fingerprint density at radius 2 is 1.28 bits per heavy atom. The zero-order chi connectivity index (χ0) is 48.4. The molecule has 0 aromatic carbocycles. The molecule has 3 rings (SSSR count). The molecule has 18 heteroatoms. The lowest BCUT2D eigenvalue weighted by Crippen LogP contribution is -2.61. The molecule has 0 radical (unpaired) electrons. The van der Waals surface area contributed by atoms with E-state index in [1.165, 1.54) is 13.0 Å². The average molecular weight is 926 g/mol. The molecule has 2 fully saturated rings. The number of ether oxygens (including phenoxy) is 4. The second-order valence-corrected chi connectivity index (χ2v) is 17.8. The Balaban J connectivity index is 1.84. The molecule has 13 N–H and O–H groups in total. The van der Waals surface area contributed by atoms with Crippen molar-refractivity contribution in [3.05, 3.63) is 72.9 Å². The van der Waals surface area contributed by atoms with Gasteiger partial charge in [0.2, 0.25) is 0 Å². The minimum atomic E-state index is -2.35. The second kappa shape index (κ2) is 27.6. The zero-order valence-corrected chi connectivity index (χ0v) is 37.8. The largest absolute Gasteiger partial charge is 0.481 e. The first kappa shape index (κ1) is 56.1. The van der Waals surface area contributed by atoms with Crippen LogP contribution in [0.25, 0.3) is 0 Å². The molecule has 3 aliphatic rings. The highest BCUT2D eigenvalue weighted by Gasteiger charge is 2.51. The number of carbonyl (C=O) groups excluding carboxylic acids is 1. The maximum Gasteiger partial charge on any atom is 0.311 e. The third kappa shape index (κ3) is 18.8. The zero-order valence-electron chi connectivity index (χ0n) is 37.8. The highest BCUT2D eigenvalue weighted by molar-refractivity contribution is 5.71. The molecule has 0 saturated carbocycles. The van der Waals surface area contributed by atoms with Crippen molar-refractivity contribution in [2.75, 3.05) is 0 Å². The van der Waals surface area contributed by atoms with Gasteiger partial charge < -0.3 is 80.9 Å². The van der Waals surface area contributed by atoms with E-state index in [4.69, 9.17) is 24.7 Å². The molecule has 2 bridgehead atoms. The number of allylic oxidation sites excluding steroid dienone is 10. The number of hydrogen-bond acceptors (Lipinski definition) is 17. The van der Waals surface area contributed by atoms with Crippen LogP contribution >= 0.6 is 0 Å². The van der Waals surface area contributed by atoms with Crippen LogP contribution in [0.1, 0.15) is 91.9 Å². The average Bonchev–Trinajstić information content (AvgIpc) is 3.21. The SMILES string of the molecule is CC1C=CC=CCCC=CC=CC=CC=CC(O[C@@H]2O[C@H](C)[C@@H](O)[C@H](N)[C@@H]2O)CC2OC(O)(CC(O)C(O)CCC(O)CC(O)CC(O)CC(=O)OC(C)C(C)C1O)CC(O)C2C(=O)O. The van der Waals surface area contributed by atoms with E-state index in [-0.39, 0.29) is 38.0 Å². The highest BCUT2D eigenvalue weighted by Crippen LogP contribution is 2.38. The Morgan fingerprint density at radius 3 is 1.94 bits per heavy atom. The van der Waals surface area contributed by atoms with Crippen LogP contribution in [0.4, 0.5) is 0 Å². The maximum absolute atomic E-state index is 12.6. The number of carbonyl (C=O) groups is 2. The first-order chi connectivity index (χ1) is 30.6. The van der Waals surface area contributed by atoms with Crippen LogP contribution in [0.5, 0.6) is 0 Å². The van der Waals surface area contributed by atoms with Crippen molar-refractivity contribution < 1.29 is 84.7 Å². The number of aliphatic carboxylic acids is 1. The van der Waals surface area contributed by atoms with Crippen molar-refractivity contribution in [2.24, 2.45) is 23.5 Å². The van der Waals surface area contributed by atoms with Gasteiger partial charge in [0.15, 0.2) is 12.1 Å². The lowest BCUT2D eigenvalue weighted by Gasteiger charge is -2.45. The molecule has 0 spiro atoms. The summed E-state index contributed by atoms with van der Waals surface area (Å²) in [6, 6.07) is -1.14. The molecule has 0 aliphatic carbocycles. The van der Waals surface area contributed by atoms with E-state index in [1.807, 2.05) is 49.5 Å². The molecule has 0 amide bonds. The number of fused-ring (bicyclic) bond motifs is 2. The van der Waals surface area contributed by atoms with E-state index >= 15 is 0 Å². The van der Waals surface area contributed by atoms with Gasteiger partial charge in [0.1, 0.15) is 18.1 Å². The molecular formula is C47H75NO17. The number of carboxylic acid groups (broad SMARTS) is 1. The Kier molecular flexibility index (Phi) is 23.8. The lowest BCUT2D eigenvalue weighted by molar-refractivity contribution is -0.310. The van der Waals surface area contributed by atoms with Gasteiger partial charge in [0.05, 0.1) is 79.6 Å². The fraction of sp³-hybridized carbons (Fsp3) is 0.702. The summed E-state index contributed by atoms with van der Waals surface area (Å²) in [4.78, 5) is 25.1. The topological polar surface area (TPSA) is 320 Å². The van der Waals surface area contributed by atoms with Gasteiger partial charge in [-0.25, -0.2) is 0 Å². The van der Waals surface area contributed by atoms with Crippen LogP contribution in [-0.4, -0.2) is 166 Å². The van der Waals surface area contributed by atoms with Crippen LogP contribution in [0.15, 0.2) is 72.9 Å². The summed E-state index contributed by atoms with van der Waals surface area (Å²) in [5, 5.41) is 118. The predicted molar refractivity (Wildman–Crippen MR) is 237 cm³/mol. The van der Waals surface area contributed by atoms with Crippen LogP contribution in [0, 0.1) is 17.8 Å². The van der Waals surface area contributed by atoms with Gasteiger partial charge in [-0.15, -0.1) is 0 Å². The third-order valence-corrected chi connectivity index (χ3v) is 12.2. The molecule has 0 aromatic rings. The van der Waals surface area contributed by atoms with E-state index in [0.717, 1.165) is 12.8 Å². The number of carboxylic acids is 1. The Morgan fingerprint density at radius 1 is 0.692 bits per heavy atom. The summed E-state index contributed by atoms with van der Waals surface area (Å²) >= 11 is 0. The molecule has 2 saturated heterocycles. The summed E-state index contributed by atoms with van der Waals surface area (Å²) in [6.45, 7) is 6.78. The van der Waals surface area contributed by atoms with E-state index < -0.39 is 141 Å².